The van der Waals surface area contributed by atoms with Crippen LogP contribution in [0.5, 0.6) is 0 Å². The summed E-state index contributed by atoms with van der Waals surface area (Å²) in [6.45, 7) is 7.50. The molecule has 0 bridgehead atoms. The minimum absolute atomic E-state index is 0.177. The number of carbonyl (C=O) groups is 1. The maximum Gasteiger partial charge on any atom is 0.253 e. The molecule has 0 fully saturated rings. The van der Waals surface area contributed by atoms with Gasteiger partial charge in [-0.05, 0) is 42.0 Å². The van der Waals surface area contributed by atoms with E-state index in [1.54, 1.807) is 12.1 Å². The maximum atomic E-state index is 12.4. The predicted octanol–water partition coefficient (Wildman–Crippen LogP) is 4.22. The SMILES string of the molecule is Cc1cn(-c2ccc3cc(C#N)c(C#N)cc3c2)c(=NC(=O)C(C)(C)C)s1. The Balaban J connectivity index is 2.20. The fraction of sp³-hybridized carbons (Fsp3) is 0.238. The molecule has 3 rings (SSSR count). The van der Waals surface area contributed by atoms with E-state index in [9.17, 15) is 15.3 Å². The van der Waals surface area contributed by atoms with E-state index in [-0.39, 0.29) is 5.91 Å². The Morgan fingerprint density at radius 1 is 1.07 bits per heavy atom. The highest BCUT2D eigenvalue weighted by molar-refractivity contribution is 7.09. The number of amides is 1. The van der Waals surface area contributed by atoms with Gasteiger partial charge in [0.05, 0.1) is 11.1 Å². The molecular formula is C21H18N4OS. The molecule has 1 aromatic heterocycles. The summed E-state index contributed by atoms with van der Waals surface area (Å²) in [5.74, 6) is -0.177. The summed E-state index contributed by atoms with van der Waals surface area (Å²) in [5.41, 5.74) is 1.01. The smallest absolute Gasteiger partial charge is 0.253 e. The van der Waals surface area contributed by atoms with Crippen LogP contribution in [0.4, 0.5) is 0 Å². The highest BCUT2D eigenvalue weighted by atomic mass is 32.1. The summed E-state index contributed by atoms with van der Waals surface area (Å²) in [5, 5.41) is 20.2. The largest absolute Gasteiger partial charge is 0.292 e. The molecule has 0 saturated carbocycles. The first kappa shape index (κ1) is 18.6. The van der Waals surface area contributed by atoms with Crippen LogP contribution in [0.15, 0.2) is 41.5 Å². The first-order valence-corrected chi connectivity index (χ1v) is 9.21. The first-order valence-electron chi connectivity index (χ1n) is 8.39. The van der Waals surface area contributed by atoms with E-state index in [0.717, 1.165) is 21.3 Å². The number of hydrogen-bond donors (Lipinski definition) is 0. The molecule has 0 aliphatic carbocycles. The molecule has 0 N–H and O–H groups in total. The zero-order chi connectivity index (χ0) is 19.8. The molecular weight excluding hydrogens is 356 g/mol. The van der Waals surface area contributed by atoms with Crippen LogP contribution in [0.3, 0.4) is 0 Å². The molecule has 0 unspecified atom stereocenters. The van der Waals surface area contributed by atoms with Gasteiger partial charge in [-0.2, -0.15) is 15.5 Å². The Morgan fingerprint density at radius 2 is 1.70 bits per heavy atom. The number of carbonyl (C=O) groups excluding carboxylic acids is 1. The number of aryl methyl sites for hydroxylation is 1. The number of benzene rings is 2. The van der Waals surface area contributed by atoms with Gasteiger partial charge in [-0.15, -0.1) is 11.3 Å². The van der Waals surface area contributed by atoms with E-state index >= 15 is 0 Å². The minimum Gasteiger partial charge on any atom is -0.292 e. The summed E-state index contributed by atoms with van der Waals surface area (Å²) >= 11 is 1.45. The molecule has 1 heterocycles. The van der Waals surface area contributed by atoms with Crippen molar-refractivity contribution in [3.8, 4) is 17.8 Å². The summed E-state index contributed by atoms with van der Waals surface area (Å²) < 4.78 is 1.88. The van der Waals surface area contributed by atoms with Crippen molar-refractivity contribution in [3.05, 3.63) is 57.3 Å². The fourth-order valence-corrected chi connectivity index (χ4v) is 3.42. The van der Waals surface area contributed by atoms with Crippen LogP contribution in [0, 0.1) is 35.0 Å². The topological polar surface area (TPSA) is 81.9 Å². The van der Waals surface area contributed by atoms with Crippen molar-refractivity contribution < 1.29 is 4.79 Å². The van der Waals surface area contributed by atoms with Crippen molar-refractivity contribution in [2.45, 2.75) is 27.7 Å². The van der Waals surface area contributed by atoms with E-state index in [1.807, 2.05) is 56.7 Å². The zero-order valence-corrected chi connectivity index (χ0v) is 16.4. The number of nitriles is 2. The quantitative estimate of drug-likeness (QED) is 0.639. The zero-order valence-electron chi connectivity index (χ0n) is 15.6. The van der Waals surface area contributed by atoms with Gasteiger partial charge in [0.2, 0.25) is 0 Å². The van der Waals surface area contributed by atoms with Crippen LogP contribution in [0.2, 0.25) is 0 Å². The van der Waals surface area contributed by atoms with Gasteiger partial charge in [-0.1, -0.05) is 26.8 Å². The lowest BCUT2D eigenvalue weighted by Gasteiger charge is -2.12. The third kappa shape index (κ3) is 3.67. The molecule has 3 aromatic rings. The minimum atomic E-state index is -0.547. The average molecular weight is 374 g/mol. The third-order valence-corrected chi connectivity index (χ3v) is 4.99. The van der Waals surface area contributed by atoms with Crippen LogP contribution in [-0.2, 0) is 4.79 Å². The van der Waals surface area contributed by atoms with Crippen molar-refractivity contribution in [1.82, 2.24) is 4.57 Å². The molecule has 2 aromatic carbocycles. The lowest BCUT2D eigenvalue weighted by Crippen LogP contribution is -2.22. The Bertz CT molecular complexity index is 1210. The second-order valence-corrected chi connectivity index (χ2v) is 8.53. The number of aromatic nitrogens is 1. The van der Waals surface area contributed by atoms with Crippen molar-refractivity contribution in [2.75, 3.05) is 0 Å². The molecule has 0 saturated heterocycles. The van der Waals surface area contributed by atoms with Crippen LogP contribution >= 0.6 is 11.3 Å². The van der Waals surface area contributed by atoms with E-state index in [1.165, 1.54) is 11.3 Å². The van der Waals surface area contributed by atoms with Crippen LogP contribution in [-0.4, -0.2) is 10.5 Å². The van der Waals surface area contributed by atoms with Crippen molar-refractivity contribution in [2.24, 2.45) is 10.4 Å². The number of fused-ring (bicyclic) bond motifs is 1. The molecule has 134 valence electrons. The third-order valence-electron chi connectivity index (χ3n) is 4.09. The van der Waals surface area contributed by atoms with Gasteiger partial charge in [0.25, 0.3) is 5.91 Å². The number of hydrogen-bond acceptors (Lipinski definition) is 4. The number of thiazole rings is 1. The van der Waals surface area contributed by atoms with Gasteiger partial charge < -0.3 is 0 Å². The van der Waals surface area contributed by atoms with Gasteiger partial charge in [-0.25, -0.2) is 0 Å². The highest BCUT2D eigenvalue weighted by Crippen LogP contribution is 2.23. The van der Waals surface area contributed by atoms with Gasteiger partial charge in [0.15, 0.2) is 4.80 Å². The molecule has 0 aliphatic heterocycles. The standard InChI is InChI=1S/C21H18N4OS/c1-13-12-25(20(27-13)24-19(26)21(2,3)4)18-6-5-14-7-16(10-22)17(11-23)8-15(14)9-18/h5-9,12H,1-4H3. The predicted molar refractivity (Wildman–Crippen MR) is 105 cm³/mol. The fourth-order valence-electron chi connectivity index (χ4n) is 2.59. The average Bonchev–Trinajstić information content (AvgIpc) is 2.99. The first-order chi connectivity index (χ1) is 12.7. The van der Waals surface area contributed by atoms with E-state index in [0.29, 0.717) is 15.9 Å². The molecule has 0 aliphatic rings. The Hall–Kier alpha value is -3.22. The maximum absolute atomic E-state index is 12.4. The normalized spacial score (nSPS) is 12.0. The van der Waals surface area contributed by atoms with Gasteiger partial charge in [0.1, 0.15) is 12.1 Å². The number of nitrogens with zero attached hydrogens (tertiary/aromatic N) is 4. The summed E-state index contributed by atoms with van der Waals surface area (Å²) in [4.78, 5) is 18.3. The molecule has 5 nitrogen and oxygen atoms in total. The molecule has 0 spiro atoms. The monoisotopic (exact) mass is 374 g/mol. The second kappa shape index (κ2) is 6.83. The van der Waals surface area contributed by atoms with Crippen molar-refractivity contribution in [1.29, 1.82) is 10.5 Å². The lowest BCUT2D eigenvalue weighted by atomic mass is 9.96. The lowest BCUT2D eigenvalue weighted by molar-refractivity contribution is -0.125. The summed E-state index contributed by atoms with van der Waals surface area (Å²) in [6, 6.07) is 13.3. The second-order valence-electron chi connectivity index (χ2n) is 7.31. The van der Waals surface area contributed by atoms with E-state index in [2.05, 4.69) is 17.1 Å². The summed E-state index contributed by atoms with van der Waals surface area (Å²) in [6.07, 6.45) is 1.94. The molecule has 0 radical (unpaired) electrons. The van der Waals surface area contributed by atoms with Crippen molar-refractivity contribution >= 4 is 28.0 Å². The van der Waals surface area contributed by atoms with E-state index in [4.69, 9.17) is 0 Å². The molecule has 1 amide bonds. The molecule has 27 heavy (non-hydrogen) atoms. The van der Waals surface area contributed by atoms with Gasteiger partial charge in [-0.3, -0.25) is 9.36 Å². The summed E-state index contributed by atoms with van der Waals surface area (Å²) in [7, 11) is 0. The highest BCUT2D eigenvalue weighted by Gasteiger charge is 2.21. The molecule has 0 atom stereocenters. The van der Waals surface area contributed by atoms with Crippen LogP contribution in [0.1, 0.15) is 36.8 Å². The Kier molecular flexibility index (Phi) is 4.70. The van der Waals surface area contributed by atoms with E-state index < -0.39 is 5.41 Å². The van der Waals surface area contributed by atoms with Gasteiger partial charge >= 0.3 is 0 Å². The number of rotatable bonds is 1. The Labute approximate surface area is 161 Å². The van der Waals surface area contributed by atoms with Crippen molar-refractivity contribution in [3.63, 3.8) is 0 Å². The molecule has 6 heteroatoms. The van der Waals surface area contributed by atoms with Crippen LogP contribution in [0.25, 0.3) is 16.5 Å². The van der Waals surface area contributed by atoms with Crippen LogP contribution < -0.4 is 4.80 Å². The van der Waals surface area contributed by atoms with Gasteiger partial charge in [0, 0.05) is 22.2 Å². The Morgan fingerprint density at radius 3 is 2.30 bits per heavy atom.